The van der Waals surface area contributed by atoms with Gasteiger partial charge in [0.1, 0.15) is 0 Å². The highest BCUT2D eigenvalue weighted by Gasteiger charge is 2.30. The van der Waals surface area contributed by atoms with Crippen LogP contribution in [0.1, 0.15) is 37.0 Å². The van der Waals surface area contributed by atoms with E-state index in [2.05, 4.69) is 24.5 Å². The number of carbonyl (C=O) groups is 2. The lowest BCUT2D eigenvalue weighted by Gasteiger charge is -2.22. The minimum absolute atomic E-state index is 0.0222. The number of nitrogens with one attached hydrogen (secondary N) is 2. The summed E-state index contributed by atoms with van der Waals surface area (Å²) in [5.41, 5.74) is 2.20. The van der Waals surface area contributed by atoms with E-state index in [-0.39, 0.29) is 17.9 Å². The molecule has 3 rings (SSSR count). The van der Waals surface area contributed by atoms with Gasteiger partial charge in [-0.3, -0.25) is 9.59 Å². The number of fused-ring (bicyclic) bond motifs is 1. The Morgan fingerprint density at radius 2 is 2.24 bits per heavy atom. The smallest absolute Gasteiger partial charge is 0.251 e. The van der Waals surface area contributed by atoms with Gasteiger partial charge < -0.3 is 20.3 Å². The van der Waals surface area contributed by atoms with Crippen molar-refractivity contribution in [2.24, 2.45) is 11.8 Å². The number of hydrogen-bond acceptors (Lipinski definition) is 4. The lowest BCUT2D eigenvalue weighted by atomic mass is 9.93. The molecular formula is C19H27N3O3. The summed E-state index contributed by atoms with van der Waals surface area (Å²) < 4.78 is 5.77. The van der Waals surface area contributed by atoms with Gasteiger partial charge in [-0.05, 0) is 30.5 Å². The van der Waals surface area contributed by atoms with Gasteiger partial charge in [0.15, 0.2) is 0 Å². The Morgan fingerprint density at radius 1 is 1.44 bits per heavy atom. The van der Waals surface area contributed by atoms with Crippen molar-refractivity contribution in [3.63, 3.8) is 0 Å². The van der Waals surface area contributed by atoms with Crippen LogP contribution in [0.15, 0.2) is 18.2 Å². The summed E-state index contributed by atoms with van der Waals surface area (Å²) >= 11 is 0. The monoisotopic (exact) mass is 345 g/mol. The molecule has 2 unspecified atom stereocenters. The van der Waals surface area contributed by atoms with Gasteiger partial charge in [0.25, 0.3) is 5.91 Å². The number of rotatable bonds is 4. The molecule has 136 valence electrons. The maximum Gasteiger partial charge on any atom is 0.251 e. The predicted molar refractivity (Wildman–Crippen MR) is 98.0 cm³/mol. The summed E-state index contributed by atoms with van der Waals surface area (Å²) in [6.07, 6.45) is 1.64. The molecule has 0 aliphatic carbocycles. The highest BCUT2D eigenvalue weighted by atomic mass is 16.5. The quantitative estimate of drug-likeness (QED) is 0.878. The number of anilines is 2. The number of benzene rings is 1. The Hall–Kier alpha value is -2.08. The number of nitrogens with zero attached hydrogens (tertiary/aromatic N) is 1. The van der Waals surface area contributed by atoms with Crippen LogP contribution in [0.2, 0.25) is 0 Å². The first-order valence-electron chi connectivity index (χ1n) is 9.00. The van der Waals surface area contributed by atoms with E-state index in [0.717, 1.165) is 18.7 Å². The number of carbonyl (C=O) groups excluding carboxylic acids is 2. The summed E-state index contributed by atoms with van der Waals surface area (Å²) in [6.45, 7) is 6.35. The van der Waals surface area contributed by atoms with Crippen molar-refractivity contribution in [1.29, 1.82) is 0 Å². The summed E-state index contributed by atoms with van der Waals surface area (Å²) in [5.74, 6) is 0.669. The average Bonchev–Trinajstić information content (AvgIpc) is 3.01. The number of amides is 2. The van der Waals surface area contributed by atoms with Crippen molar-refractivity contribution < 1.29 is 14.3 Å². The van der Waals surface area contributed by atoms with Crippen LogP contribution in [-0.2, 0) is 9.53 Å². The lowest BCUT2D eigenvalue weighted by Crippen LogP contribution is -2.35. The third-order valence-corrected chi connectivity index (χ3v) is 5.06. The molecule has 0 saturated carbocycles. The second-order valence-electron chi connectivity index (χ2n) is 7.29. The van der Waals surface area contributed by atoms with Crippen LogP contribution >= 0.6 is 0 Å². The zero-order valence-corrected chi connectivity index (χ0v) is 15.2. The molecule has 2 heterocycles. The molecule has 1 aromatic carbocycles. The number of hydrogen-bond donors (Lipinski definition) is 2. The lowest BCUT2D eigenvalue weighted by molar-refractivity contribution is -0.115. The average molecular weight is 345 g/mol. The van der Waals surface area contributed by atoms with Crippen LogP contribution < -0.4 is 15.5 Å². The highest BCUT2D eigenvalue weighted by Crippen LogP contribution is 2.29. The van der Waals surface area contributed by atoms with Crippen LogP contribution in [0.4, 0.5) is 11.4 Å². The van der Waals surface area contributed by atoms with Gasteiger partial charge in [0.05, 0.1) is 17.5 Å². The second kappa shape index (κ2) is 7.44. The Kier molecular flexibility index (Phi) is 5.27. The minimum Gasteiger partial charge on any atom is -0.378 e. The van der Waals surface area contributed by atoms with E-state index in [4.69, 9.17) is 4.74 Å². The molecule has 6 heteroatoms. The molecule has 2 N–H and O–H groups in total. The van der Waals surface area contributed by atoms with Gasteiger partial charge in [-0.15, -0.1) is 0 Å². The molecule has 0 spiro atoms. The first-order valence-corrected chi connectivity index (χ1v) is 9.00. The molecule has 1 saturated heterocycles. The van der Waals surface area contributed by atoms with Crippen molar-refractivity contribution in [1.82, 2.24) is 5.32 Å². The van der Waals surface area contributed by atoms with Gasteiger partial charge in [0, 0.05) is 44.6 Å². The fourth-order valence-electron chi connectivity index (χ4n) is 3.65. The van der Waals surface area contributed by atoms with Gasteiger partial charge in [-0.2, -0.15) is 0 Å². The normalized spacial score (nSPS) is 23.2. The fourth-order valence-corrected chi connectivity index (χ4v) is 3.65. The predicted octanol–water partition coefficient (Wildman–Crippen LogP) is 2.26. The van der Waals surface area contributed by atoms with Crippen molar-refractivity contribution >= 4 is 23.2 Å². The van der Waals surface area contributed by atoms with Crippen molar-refractivity contribution in [3.05, 3.63) is 23.8 Å². The Morgan fingerprint density at radius 3 is 3.00 bits per heavy atom. The first kappa shape index (κ1) is 17.7. The fraction of sp³-hybridized carbons (Fsp3) is 0.579. The Labute approximate surface area is 148 Å². The highest BCUT2D eigenvalue weighted by molar-refractivity contribution is 6.00. The SMILES string of the molecule is CC(C)C1OCCC1CNC(=O)c1ccc2c(c1)NC(=O)CCN2C. The van der Waals surface area contributed by atoms with E-state index in [1.165, 1.54) is 0 Å². The molecule has 2 aliphatic heterocycles. The maximum absolute atomic E-state index is 12.5. The van der Waals surface area contributed by atoms with Crippen LogP contribution in [0.3, 0.4) is 0 Å². The third-order valence-electron chi connectivity index (χ3n) is 5.06. The third kappa shape index (κ3) is 3.95. The van der Waals surface area contributed by atoms with E-state index >= 15 is 0 Å². The molecule has 1 aromatic rings. The molecule has 2 aliphatic rings. The Balaban J connectivity index is 1.68. The van der Waals surface area contributed by atoms with Crippen LogP contribution in [0.5, 0.6) is 0 Å². The van der Waals surface area contributed by atoms with E-state index in [9.17, 15) is 9.59 Å². The van der Waals surface area contributed by atoms with E-state index in [0.29, 0.717) is 42.6 Å². The van der Waals surface area contributed by atoms with E-state index < -0.39 is 0 Å². The molecule has 0 radical (unpaired) electrons. The van der Waals surface area contributed by atoms with Gasteiger partial charge in [-0.1, -0.05) is 13.8 Å². The van der Waals surface area contributed by atoms with Crippen LogP contribution in [0.25, 0.3) is 0 Å². The van der Waals surface area contributed by atoms with Crippen LogP contribution in [0, 0.1) is 11.8 Å². The summed E-state index contributed by atoms with van der Waals surface area (Å²) in [5, 5.41) is 5.91. The van der Waals surface area contributed by atoms with Gasteiger partial charge in [0.2, 0.25) is 5.91 Å². The second-order valence-corrected chi connectivity index (χ2v) is 7.29. The molecule has 2 amide bonds. The minimum atomic E-state index is -0.113. The topological polar surface area (TPSA) is 70.7 Å². The largest absolute Gasteiger partial charge is 0.378 e. The van der Waals surface area contributed by atoms with Gasteiger partial charge >= 0.3 is 0 Å². The van der Waals surface area contributed by atoms with Crippen LogP contribution in [-0.4, -0.2) is 44.7 Å². The van der Waals surface area contributed by atoms with Crippen molar-refractivity contribution in [2.45, 2.75) is 32.8 Å². The molecule has 25 heavy (non-hydrogen) atoms. The molecule has 2 atom stereocenters. The van der Waals surface area contributed by atoms with Gasteiger partial charge in [-0.25, -0.2) is 0 Å². The molecule has 0 bridgehead atoms. The van der Waals surface area contributed by atoms with Crippen molar-refractivity contribution in [3.8, 4) is 0 Å². The first-order chi connectivity index (χ1) is 12.0. The zero-order chi connectivity index (χ0) is 18.0. The summed E-state index contributed by atoms with van der Waals surface area (Å²) in [7, 11) is 1.95. The van der Waals surface area contributed by atoms with E-state index in [1.54, 1.807) is 6.07 Å². The summed E-state index contributed by atoms with van der Waals surface area (Å²) in [4.78, 5) is 26.4. The number of ether oxygens (including phenoxy) is 1. The van der Waals surface area contributed by atoms with E-state index in [1.807, 2.05) is 24.1 Å². The Bertz CT molecular complexity index is 659. The standard InChI is InChI=1S/C19H27N3O3/c1-12(2)18-14(7-9-25-18)11-20-19(24)13-4-5-16-15(10-13)21-17(23)6-8-22(16)3/h4-5,10,12,14,18H,6-9,11H2,1-3H3,(H,20,24)(H,21,23). The summed E-state index contributed by atoms with van der Waals surface area (Å²) in [6, 6.07) is 5.47. The molecule has 0 aromatic heterocycles. The maximum atomic E-state index is 12.5. The molecular weight excluding hydrogens is 318 g/mol. The van der Waals surface area contributed by atoms with Crippen molar-refractivity contribution in [2.75, 3.05) is 37.0 Å². The molecule has 1 fully saturated rings. The zero-order valence-electron chi connectivity index (χ0n) is 15.2. The molecule has 6 nitrogen and oxygen atoms in total.